The summed E-state index contributed by atoms with van der Waals surface area (Å²) in [6, 6.07) is 16.0. The van der Waals surface area contributed by atoms with Gasteiger partial charge in [0.05, 0.1) is 31.1 Å². The average Bonchev–Trinajstić information content (AvgIpc) is 2.91. The Kier molecular flexibility index (Phi) is 4.01. The number of nitrogens with one attached hydrogen (secondary N) is 1. The van der Waals surface area contributed by atoms with Crippen LogP contribution in [0.15, 0.2) is 54.7 Å². The molecule has 5 heteroatoms. The van der Waals surface area contributed by atoms with E-state index in [1.54, 1.807) is 0 Å². The van der Waals surface area contributed by atoms with Crippen molar-refractivity contribution in [2.75, 3.05) is 6.61 Å². The zero-order valence-corrected chi connectivity index (χ0v) is 13.3. The summed E-state index contributed by atoms with van der Waals surface area (Å²) in [5.41, 5.74) is 4.05. The van der Waals surface area contributed by atoms with Crippen LogP contribution in [0.2, 0.25) is 0 Å². The van der Waals surface area contributed by atoms with E-state index in [9.17, 15) is 4.79 Å². The monoisotopic (exact) mass is 321 g/mol. The zero-order chi connectivity index (χ0) is 16.4. The zero-order valence-electron chi connectivity index (χ0n) is 13.3. The lowest BCUT2D eigenvalue weighted by Crippen LogP contribution is -2.22. The number of aromatic nitrogens is 2. The van der Waals surface area contributed by atoms with Crippen LogP contribution in [-0.2, 0) is 22.7 Å². The summed E-state index contributed by atoms with van der Waals surface area (Å²) < 4.78 is 7.99. The number of benzene rings is 1. The Morgan fingerprint density at radius 1 is 1.17 bits per heavy atom. The van der Waals surface area contributed by atoms with Crippen LogP contribution in [0.4, 0.5) is 0 Å². The molecule has 4 rings (SSSR count). The number of nitrogens with zero attached hydrogens (tertiary/aromatic N) is 2. The second-order valence-electron chi connectivity index (χ2n) is 6.05. The average molecular weight is 321 g/mol. The fourth-order valence-corrected chi connectivity index (χ4v) is 3.23. The molecule has 1 atom stereocenters. The van der Waals surface area contributed by atoms with Gasteiger partial charge in [-0.05, 0) is 17.7 Å². The number of carbonyl (C=O) groups excluding carboxylic acids is 1. The van der Waals surface area contributed by atoms with Gasteiger partial charge in [0.1, 0.15) is 5.65 Å². The van der Waals surface area contributed by atoms with Gasteiger partial charge >= 0.3 is 0 Å². The highest BCUT2D eigenvalue weighted by Crippen LogP contribution is 2.28. The van der Waals surface area contributed by atoms with E-state index < -0.39 is 0 Å². The SMILES string of the molecule is O=C1C[C@H](COCc2ccccc2)c2c(nc3ccccn23)CN1. The van der Waals surface area contributed by atoms with E-state index in [-0.39, 0.29) is 11.8 Å². The van der Waals surface area contributed by atoms with Crippen molar-refractivity contribution in [3.05, 3.63) is 71.7 Å². The summed E-state index contributed by atoms with van der Waals surface area (Å²) in [5.74, 6) is 0.0506. The molecule has 0 unspecified atom stereocenters. The molecule has 1 N–H and O–H groups in total. The van der Waals surface area contributed by atoms with Crippen LogP contribution in [-0.4, -0.2) is 21.9 Å². The van der Waals surface area contributed by atoms with E-state index in [2.05, 4.69) is 14.7 Å². The molecule has 2 aromatic heterocycles. The second-order valence-corrected chi connectivity index (χ2v) is 6.05. The molecule has 1 amide bonds. The van der Waals surface area contributed by atoms with Crippen molar-refractivity contribution >= 4 is 11.6 Å². The maximum Gasteiger partial charge on any atom is 0.221 e. The summed E-state index contributed by atoms with van der Waals surface area (Å²) in [5, 5.41) is 2.93. The largest absolute Gasteiger partial charge is 0.376 e. The van der Waals surface area contributed by atoms with Crippen LogP contribution in [0.3, 0.4) is 0 Å². The molecule has 1 aliphatic heterocycles. The standard InChI is InChI=1S/C19H19N3O2/c23-18-10-15(13-24-12-14-6-2-1-3-7-14)19-16(11-20-18)21-17-8-4-5-9-22(17)19/h1-9,15H,10-13H2,(H,20,23)/t15-/m1/s1. The minimum Gasteiger partial charge on any atom is -0.376 e. The van der Waals surface area contributed by atoms with Crippen molar-refractivity contribution in [3.63, 3.8) is 0 Å². The third-order valence-corrected chi connectivity index (χ3v) is 4.35. The van der Waals surface area contributed by atoms with E-state index in [1.807, 2.05) is 54.7 Å². The first-order valence-corrected chi connectivity index (χ1v) is 8.15. The normalized spacial score (nSPS) is 17.3. The Balaban J connectivity index is 1.58. The highest BCUT2D eigenvalue weighted by molar-refractivity contribution is 5.77. The molecule has 0 radical (unpaired) electrons. The van der Waals surface area contributed by atoms with Gasteiger partial charge in [-0.3, -0.25) is 4.79 Å². The first-order valence-electron chi connectivity index (χ1n) is 8.15. The van der Waals surface area contributed by atoms with E-state index >= 15 is 0 Å². The number of pyridine rings is 1. The van der Waals surface area contributed by atoms with Crippen LogP contribution in [0, 0.1) is 0 Å². The predicted molar refractivity (Wildman–Crippen MR) is 90.5 cm³/mol. The molecule has 0 saturated carbocycles. The number of amides is 1. The van der Waals surface area contributed by atoms with Crippen molar-refractivity contribution in [1.29, 1.82) is 0 Å². The molecule has 1 aromatic carbocycles. The minimum absolute atomic E-state index is 0.00334. The van der Waals surface area contributed by atoms with Crippen molar-refractivity contribution in [2.45, 2.75) is 25.5 Å². The first-order chi connectivity index (χ1) is 11.8. The maximum atomic E-state index is 12.0. The number of hydrogen-bond donors (Lipinski definition) is 1. The fraction of sp³-hybridized carbons (Fsp3) is 0.263. The summed E-state index contributed by atoms with van der Waals surface area (Å²) in [6.45, 7) is 1.52. The second kappa shape index (κ2) is 6.45. The molecule has 3 aromatic rings. The van der Waals surface area contributed by atoms with Crippen molar-refractivity contribution in [2.24, 2.45) is 0 Å². The summed E-state index contributed by atoms with van der Waals surface area (Å²) in [4.78, 5) is 16.7. The van der Waals surface area contributed by atoms with E-state index in [1.165, 1.54) is 0 Å². The molecule has 0 bridgehead atoms. The Labute approximate surface area is 140 Å². The molecule has 24 heavy (non-hydrogen) atoms. The highest BCUT2D eigenvalue weighted by Gasteiger charge is 2.27. The Hall–Kier alpha value is -2.66. The number of hydrogen-bond acceptors (Lipinski definition) is 3. The van der Waals surface area contributed by atoms with Crippen LogP contribution < -0.4 is 5.32 Å². The third kappa shape index (κ3) is 2.90. The summed E-state index contributed by atoms with van der Waals surface area (Å²) in [6.07, 6.45) is 2.42. The summed E-state index contributed by atoms with van der Waals surface area (Å²) in [7, 11) is 0. The third-order valence-electron chi connectivity index (χ3n) is 4.35. The number of carbonyl (C=O) groups is 1. The number of fused-ring (bicyclic) bond motifs is 3. The molecule has 0 fully saturated rings. The fourth-order valence-electron chi connectivity index (χ4n) is 3.23. The molecular formula is C19H19N3O2. The Morgan fingerprint density at radius 3 is 2.88 bits per heavy atom. The van der Waals surface area contributed by atoms with Crippen molar-refractivity contribution < 1.29 is 9.53 Å². The molecule has 122 valence electrons. The molecule has 1 aliphatic rings. The van der Waals surface area contributed by atoms with E-state index in [4.69, 9.17) is 4.74 Å². The van der Waals surface area contributed by atoms with Gasteiger partial charge in [0.15, 0.2) is 0 Å². The van der Waals surface area contributed by atoms with Crippen LogP contribution in [0.5, 0.6) is 0 Å². The van der Waals surface area contributed by atoms with Gasteiger partial charge in [0, 0.05) is 18.5 Å². The lowest BCUT2D eigenvalue weighted by molar-refractivity contribution is -0.121. The lowest BCUT2D eigenvalue weighted by atomic mass is 10.0. The lowest BCUT2D eigenvalue weighted by Gasteiger charge is -2.15. The van der Waals surface area contributed by atoms with Gasteiger partial charge < -0.3 is 14.5 Å². The minimum atomic E-state index is 0.00334. The number of rotatable bonds is 4. The van der Waals surface area contributed by atoms with E-state index in [0.717, 1.165) is 22.6 Å². The summed E-state index contributed by atoms with van der Waals surface area (Å²) >= 11 is 0. The molecular weight excluding hydrogens is 302 g/mol. The quantitative estimate of drug-likeness (QED) is 0.804. The Morgan fingerprint density at radius 2 is 2.00 bits per heavy atom. The first kappa shape index (κ1) is 14.9. The van der Waals surface area contributed by atoms with Gasteiger partial charge in [0.25, 0.3) is 0 Å². The van der Waals surface area contributed by atoms with E-state index in [0.29, 0.717) is 26.2 Å². The predicted octanol–water partition coefficient (Wildman–Crippen LogP) is 2.65. The maximum absolute atomic E-state index is 12.0. The van der Waals surface area contributed by atoms with Crippen LogP contribution in [0.1, 0.15) is 29.3 Å². The molecule has 0 saturated heterocycles. The van der Waals surface area contributed by atoms with Crippen LogP contribution in [0.25, 0.3) is 5.65 Å². The molecule has 5 nitrogen and oxygen atoms in total. The number of imidazole rings is 1. The number of ether oxygens (including phenoxy) is 1. The van der Waals surface area contributed by atoms with Crippen LogP contribution >= 0.6 is 0 Å². The van der Waals surface area contributed by atoms with Gasteiger partial charge in [-0.15, -0.1) is 0 Å². The highest BCUT2D eigenvalue weighted by atomic mass is 16.5. The van der Waals surface area contributed by atoms with Gasteiger partial charge in [0.2, 0.25) is 5.91 Å². The van der Waals surface area contributed by atoms with Crippen molar-refractivity contribution in [1.82, 2.24) is 14.7 Å². The van der Waals surface area contributed by atoms with Gasteiger partial charge in [-0.25, -0.2) is 4.98 Å². The topological polar surface area (TPSA) is 55.6 Å². The van der Waals surface area contributed by atoms with Gasteiger partial charge in [-0.2, -0.15) is 0 Å². The molecule has 0 aliphatic carbocycles. The van der Waals surface area contributed by atoms with Crippen molar-refractivity contribution in [3.8, 4) is 0 Å². The Bertz CT molecular complexity index is 857. The molecule has 0 spiro atoms. The van der Waals surface area contributed by atoms with Gasteiger partial charge in [-0.1, -0.05) is 36.4 Å². The molecule has 3 heterocycles. The smallest absolute Gasteiger partial charge is 0.221 e.